The number of nitrogens with zero attached hydrogens (tertiary/aromatic N) is 1. The number of aromatic nitrogens is 1. The summed E-state index contributed by atoms with van der Waals surface area (Å²) < 4.78 is 5.30. The Morgan fingerprint density at radius 3 is 1.77 bits per heavy atom. The molecule has 4 aromatic rings. The van der Waals surface area contributed by atoms with E-state index >= 15 is 0 Å². The van der Waals surface area contributed by atoms with Crippen molar-refractivity contribution in [3.63, 3.8) is 0 Å². The van der Waals surface area contributed by atoms with Gasteiger partial charge in [0.15, 0.2) is 5.13 Å². The van der Waals surface area contributed by atoms with Gasteiger partial charge in [-0.15, -0.1) is 11.3 Å². The number of carbonyl (C=O) groups is 1. The number of ether oxygens (including phenoxy) is 1. The van der Waals surface area contributed by atoms with E-state index in [9.17, 15) is 4.79 Å². The SMILES string of the molecule is CCC(=O)Oc1csc(NC(c2ccccc2)(c2ccccc2)c2ccccc2)n1. The van der Waals surface area contributed by atoms with E-state index in [1.54, 1.807) is 12.3 Å². The molecule has 1 heterocycles. The quantitative estimate of drug-likeness (QED) is 0.304. The molecular formula is C25H22N2O2S. The van der Waals surface area contributed by atoms with Crippen LogP contribution >= 0.6 is 11.3 Å². The number of thiazole rings is 1. The first-order chi connectivity index (χ1) is 14.7. The fourth-order valence-corrected chi connectivity index (χ4v) is 4.16. The van der Waals surface area contributed by atoms with E-state index < -0.39 is 5.54 Å². The van der Waals surface area contributed by atoms with Crippen LogP contribution in [0.1, 0.15) is 30.0 Å². The lowest BCUT2D eigenvalue weighted by Crippen LogP contribution is -2.38. The number of anilines is 1. The van der Waals surface area contributed by atoms with Gasteiger partial charge in [0.05, 0.1) is 5.38 Å². The minimum Gasteiger partial charge on any atom is -0.406 e. The van der Waals surface area contributed by atoms with Crippen molar-refractivity contribution in [2.45, 2.75) is 18.9 Å². The topological polar surface area (TPSA) is 51.2 Å². The van der Waals surface area contributed by atoms with Crippen LogP contribution in [0.2, 0.25) is 0 Å². The zero-order valence-corrected chi connectivity index (χ0v) is 17.4. The number of esters is 1. The van der Waals surface area contributed by atoms with Crippen molar-refractivity contribution >= 4 is 22.4 Å². The summed E-state index contributed by atoms with van der Waals surface area (Å²) in [5.41, 5.74) is 2.60. The van der Waals surface area contributed by atoms with Gasteiger partial charge in [0.2, 0.25) is 5.88 Å². The maximum atomic E-state index is 11.7. The van der Waals surface area contributed by atoms with Gasteiger partial charge in [-0.25, -0.2) is 0 Å². The number of rotatable bonds is 7. The molecule has 0 atom stereocenters. The first kappa shape index (κ1) is 19.9. The van der Waals surface area contributed by atoms with Gasteiger partial charge in [-0.2, -0.15) is 4.98 Å². The van der Waals surface area contributed by atoms with E-state index in [0.717, 1.165) is 16.7 Å². The van der Waals surface area contributed by atoms with Crippen molar-refractivity contribution in [3.05, 3.63) is 113 Å². The van der Waals surface area contributed by atoms with Gasteiger partial charge >= 0.3 is 5.97 Å². The first-order valence-corrected chi connectivity index (χ1v) is 10.7. The van der Waals surface area contributed by atoms with Crippen LogP contribution in [0.25, 0.3) is 0 Å². The smallest absolute Gasteiger partial charge is 0.312 e. The Morgan fingerprint density at radius 2 is 1.33 bits per heavy atom. The van der Waals surface area contributed by atoms with E-state index in [0.29, 0.717) is 17.4 Å². The highest BCUT2D eigenvalue weighted by Gasteiger charge is 2.37. The van der Waals surface area contributed by atoms with E-state index in [1.165, 1.54) is 11.3 Å². The summed E-state index contributed by atoms with van der Waals surface area (Å²) in [7, 11) is 0. The van der Waals surface area contributed by atoms with Gasteiger partial charge in [-0.1, -0.05) is 97.9 Å². The molecule has 0 aliphatic rings. The Morgan fingerprint density at radius 1 is 0.867 bits per heavy atom. The van der Waals surface area contributed by atoms with E-state index in [4.69, 9.17) is 4.74 Å². The van der Waals surface area contributed by atoms with Crippen LogP contribution in [0.4, 0.5) is 5.13 Å². The molecule has 30 heavy (non-hydrogen) atoms. The summed E-state index contributed by atoms with van der Waals surface area (Å²) in [6.45, 7) is 1.76. The maximum Gasteiger partial charge on any atom is 0.312 e. The Balaban J connectivity index is 1.86. The molecule has 0 saturated carbocycles. The summed E-state index contributed by atoms with van der Waals surface area (Å²) in [6, 6.07) is 30.9. The predicted octanol–water partition coefficient (Wildman–Crippen LogP) is 5.86. The number of carbonyl (C=O) groups excluding carboxylic acids is 1. The van der Waals surface area contributed by atoms with Crippen molar-refractivity contribution in [2.24, 2.45) is 0 Å². The van der Waals surface area contributed by atoms with Gasteiger partial charge in [-0.3, -0.25) is 4.79 Å². The minimum absolute atomic E-state index is 0.299. The fourth-order valence-electron chi connectivity index (χ4n) is 3.49. The molecule has 3 aromatic carbocycles. The second-order valence-electron chi connectivity index (χ2n) is 6.79. The molecule has 0 spiro atoms. The third-order valence-corrected chi connectivity index (χ3v) is 5.64. The lowest BCUT2D eigenvalue weighted by atomic mass is 9.77. The number of benzene rings is 3. The summed E-state index contributed by atoms with van der Waals surface area (Å²) in [5, 5.41) is 6.09. The second kappa shape index (κ2) is 8.93. The molecule has 0 amide bonds. The zero-order valence-electron chi connectivity index (χ0n) is 16.6. The van der Waals surface area contributed by atoms with Crippen LogP contribution in [-0.2, 0) is 10.3 Å². The maximum absolute atomic E-state index is 11.7. The predicted molar refractivity (Wildman–Crippen MR) is 121 cm³/mol. The molecule has 0 radical (unpaired) electrons. The third-order valence-electron chi connectivity index (χ3n) is 4.91. The van der Waals surface area contributed by atoms with Crippen molar-refractivity contribution in [2.75, 3.05) is 5.32 Å². The molecule has 1 N–H and O–H groups in total. The summed E-state index contributed by atoms with van der Waals surface area (Å²) >= 11 is 1.41. The van der Waals surface area contributed by atoms with Gasteiger partial charge in [-0.05, 0) is 16.7 Å². The standard InChI is InChI=1S/C25H22N2O2S/c1-2-23(28)29-22-18-30-24(26-22)27-25(19-12-6-3-7-13-19,20-14-8-4-9-15-20)21-16-10-5-11-17-21/h3-18H,2H2,1H3,(H,26,27). The van der Waals surface area contributed by atoms with Crippen LogP contribution < -0.4 is 10.1 Å². The first-order valence-electron chi connectivity index (χ1n) is 9.83. The van der Waals surface area contributed by atoms with Gasteiger partial charge in [0.1, 0.15) is 5.54 Å². The molecule has 0 unspecified atom stereocenters. The van der Waals surface area contributed by atoms with E-state index in [-0.39, 0.29) is 5.97 Å². The Hall–Kier alpha value is -3.44. The van der Waals surface area contributed by atoms with Crippen molar-refractivity contribution in [1.82, 2.24) is 4.98 Å². The molecule has 0 bridgehead atoms. The highest BCUT2D eigenvalue weighted by molar-refractivity contribution is 7.13. The molecule has 4 nitrogen and oxygen atoms in total. The summed E-state index contributed by atoms with van der Waals surface area (Å²) in [5.74, 6) is 0.0183. The van der Waals surface area contributed by atoms with Crippen molar-refractivity contribution in [1.29, 1.82) is 0 Å². The highest BCUT2D eigenvalue weighted by Crippen LogP contribution is 2.41. The average molecular weight is 415 g/mol. The average Bonchev–Trinajstić information content (AvgIpc) is 3.25. The van der Waals surface area contributed by atoms with E-state index in [2.05, 4.69) is 46.7 Å². The Kier molecular flexibility index (Phi) is 5.91. The number of hydrogen-bond donors (Lipinski definition) is 1. The highest BCUT2D eigenvalue weighted by atomic mass is 32.1. The van der Waals surface area contributed by atoms with Crippen LogP contribution in [0.3, 0.4) is 0 Å². The molecule has 5 heteroatoms. The van der Waals surface area contributed by atoms with Gasteiger partial charge < -0.3 is 10.1 Å². The number of hydrogen-bond acceptors (Lipinski definition) is 5. The molecule has 0 saturated heterocycles. The lowest BCUT2D eigenvalue weighted by molar-refractivity contribution is -0.134. The molecule has 0 aliphatic heterocycles. The summed E-state index contributed by atoms with van der Waals surface area (Å²) in [6.07, 6.45) is 0.308. The lowest BCUT2D eigenvalue weighted by Gasteiger charge is -2.36. The van der Waals surface area contributed by atoms with Gasteiger partial charge in [0.25, 0.3) is 0 Å². The normalized spacial score (nSPS) is 11.1. The van der Waals surface area contributed by atoms with Gasteiger partial charge in [0, 0.05) is 6.42 Å². The second-order valence-corrected chi connectivity index (χ2v) is 7.65. The molecule has 1 aromatic heterocycles. The van der Waals surface area contributed by atoms with Crippen LogP contribution in [0, 0.1) is 0 Å². The molecular weight excluding hydrogens is 392 g/mol. The van der Waals surface area contributed by atoms with Crippen molar-refractivity contribution in [3.8, 4) is 5.88 Å². The molecule has 0 aliphatic carbocycles. The van der Waals surface area contributed by atoms with Crippen LogP contribution in [0.15, 0.2) is 96.4 Å². The van der Waals surface area contributed by atoms with E-state index in [1.807, 2.05) is 54.6 Å². The number of nitrogens with one attached hydrogen (secondary N) is 1. The van der Waals surface area contributed by atoms with Crippen molar-refractivity contribution < 1.29 is 9.53 Å². The molecule has 0 fully saturated rings. The zero-order chi connectivity index (χ0) is 20.8. The minimum atomic E-state index is -0.659. The monoisotopic (exact) mass is 414 g/mol. The van der Waals surface area contributed by atoms with Crippen LogP contribution in [-0.4, -0.2) is 11.0 Å². The Labute approximate surface area is 180 Å². The fraction of sp³-hybridized carbons (Fsp3) is 0.120. The summed E-state index contributed by atoms with van der Waals surface area (Å²) in [4.78, 5) is 16.2. The van der Waals surface area contributed by atoms with Crippen LogP contribution in [0.5, 0.6) is 5.88 Å². The third kappa shape index (κ3) is 3.98. The molecule has 4 rings (SSSR count). The Bertz CT molecular complexity index is 999. The molecule has 150 valence electrons. The largest absolute Gasteiger partial charge is 0.406 e.